The van der Waals surface area contributed by atoms with Crippen molar-refractivity contribution in [1.82, 2.24) is 0 Å². The molecule has 0 amide bonds. The number of hydrogen-bond acceptors (Lipinski definition) is 2. The zero-order valence-corrected chi connectivity index (χ0v) is 16.2. The predicted octanol–water partition coefficient (Wildman–Crippen LogP) is 5.10. The lowest BCUT2D eigenvalue weighted by atomic mass is 9.48. The topological polar surface area (TPSA) is 52.0 Å². The van der Waals surface area contributed by atoms with Crippen molar-refractivity contribution in [2.75, 3.05) is 0 Å². The Bertz CT molecular complexity index is 304. The van der Waals surface area contributed by atoms with Gasteiger partial charge in [0.15, 0.2) is 0 Å². The molecule has 0 aliphatic heterocycles. The molecule has 0 spiro atoms. The highest BCUT2D eigenvalue weighted by molar-refractivity contribution is 5.01. The normalized spacial score (nSPS) is 37.8. The van der Waals surface area contributed by atoms with Crippen LogP contribution in [-0.4, -0.2) is 12.1 Å². The van der Waals surface area contributed by atoms with Crippen LogP contribution in [-0.2, 0) is 0 Å². The van der Waals surface area contributed by atoms with Gasteiger partial charge in [-0.2, -0.15) is 0 Å². The molecule has 0 bridgehead atoms. The maximum Gasteiger partial charge on any atom is 0.00390 e. The molecule has 4 N–H and O–H groups in total. The highest BCUT2D eigenvalue weighted by atomic mass is 14.7. The monoisotopic (exact) mass is 322 g/mol. The number of nitrogens with two attached hydrogens (primary N) is 2. The smallest absolute Gasteiger partial charge is 0.00390 e. The van der Waals surface area contributed by atoms with Gasteiger partial charge in [-0.05, 0) is 80.5 Å². The van der Waals surface area contributed by atoms with Gasteiger partial charge in [-0.15, -0.1) is 0 Å². The molecular formula is C21H42N2. The summed E-state index contributed by atoms with van der Waals surface area (Å²) in [5.74, 6) is 3.39. The first-order valence-corrected chi connectivity index (χ1v) is 10.5. The highest BCUT2D eigenvalue weighted by Crippen LogP contribution is 2.58. The Morgan fingerprint density at radius 2 is 1.00 bits per heavy atom. The van der Waals surface area contributed by atoms with Crippen LogP contribution in [0.25, 0.3) is 0 Å². The standard InChI is InChI=1S/C21H42N2/c1-5-15(3)21(16(4)6-2,17-7-11-19(22)12-8-17)18-9-13-20(23)14-10-18/h15-20H,5-14,22-23H2,1-4H3. The van der Waals surface area contributed by atoms with Gasteiger partial charge in [0, 0.05) is 12.1 Å². The summed E-state index contributed by atoms with van der Waals surface area (Å²) in [7, 11) is 0. The van der Waals surface area contributed by atoms with Gasteiger partial charge >= 0.3 is 0 Å². The van der Waals surface area contributed by atoms with Gasteiger partial charge in [0.2, 0.25) is 0 Å². The van der Waals surface area contributed by atoms with Crippen LogP contribution in [0.1, 0.15) is 91.9 Å². The van der Waals surface area contributed by atoms with E-state index in [0.29, 0.717) is 17.5 Å². The first-order chi connectivity index (χ1) is 11.0. The molecular weight excluding hydrogens is 280 g/mol. The van der Waals surface area contributed by atoms with Crippen molar-refractivity contribution in [1.29, 1.82) is 0 Å². The summed E-state index contributed by atoms with van der Waals surface area (Å²) in [4.78, 5) is 0. The Morgan fingerprint density at radius 3 is 1.26 bits per heavy atom. The highest BCUT2D eigenvalue weighted by Gasteiger charge is 2.51. The van der Waals surface area contributed by atoms with Crippen molar-refractivity contribution in [3.05, 3.63) is 0 Å². The largest absolute Gasteiger partial charge is 0.328 e. The predicted molar refractivity (Wildman–Crippen MR) is 101 cm³/mol. The molecule has 2 nitrogen and oxygen atoms in total. The molecule has 0 aromatic carbocycles. The van der Waals surface area contributed by atoms with Crippen molar-refractivity contribution in [3.63, 3.8) is 0 Å². The molecule has 23 heavy (non-hydrogen) atoms. The minimum Gasteiger partial charge on any atom is -0.328 e. The van der Waals surface area contributed by atoms with Crippen molar-refractivity contribution < 1.29 is 0 Å². The fraction of sp³-hybridized carbons (Fsp3) is 1.00. The van der Waals surface area contributed by atoms with Crippen LogP contribution in [0, 0.1) is 29.1 Å². The van der Waals surface area contributed by atoms with E-state index < -0.39 is 0 Å². The van der Waals surface area contributed by atoms with Crippen LogP contribution < -0.4 is 11.5 Å². The molecule has 0 radical (unpaired) electrons. The van der Waals surface area contributed by atoms with Crippen LogP contribution in [0.5, 0.6) is 0 Å². The molecule has 2 fully saturated rings. The third kappa shape index (κ3) is 3.79. The number of hydrogen-bond donors (Lipinski definition) is 2. The molecule has 0 aromatic rings. The first-order valence-electron chi connectivity index (χ1n) is 10.5. The maximum absolute atomic E-state index is 6.24. The van der Waals surface area contributed by atoms with Crippen molar-refractivity contribution in [3.8, 4) is 0 Å². The quantitative estimate of drug-likeness (QED) is 0.714. The van der Waals surface area contributed by atoms with E-state index in [2.05, 4.69) is 27.7 Å². The van der Waals surface area contributed by atoms with Gasteiger partial charge in [-0.1, -0.05) is 40.5 Å². The second-order valence-corrected chi connectivity index (χ2v) is 8.84. The Balaban J connectivity index is 2.33. The molecule has 2 aliphatic carbocycles. The summed E-state index contributed by atoms with van der Waals surface area (Å²) in [5.41, 5.74) is 13.0. The van der Waals surface area contributed by atoms with Gasteiger partial charge in [0.1, 0.15) is 0 Å². The minimum atomic E-state index is 0.456. The summed E-state index contributed by atoms with van der Waals surface area (Å²) in [6, 6.07) is 0.912. The second-order valence-electron chi connectivity index (χ2n) is 8.84. The van der Waals surface area contributed by atoms with Crippen molar-refractivity contribution in [2.45, 2.75) is 104 Å². The second kappa shape index (κ2) is 8.34. The molecule has 2 atom stereocenters. The molecule has 0 heterocycles. The summed E-state index contributed by atoms with van der Waals surface area (Å²) in [5, 5.41) is 0. The van der Waals surface area contributed by atoms with E-state index in [0.717, 1.165) is 23.7 Å². The van der Waals surface area contributed by atoms with E-state index in [1.54, 1.807) is 0 Å². The molecule has 2 heteroatoms. The lowest BCUT2D eigenvalue weighted by Crippen LogP contribution is -2.51. The molecule has 2 aliphatic rings. The Hall–Kier alpha value is -0.0800. The Labute approximate surface area is 145 Å². The number of rotatable bonds is 6. The summed E-state index contributed by atoms with van der Waals surface area (Å²) in [6.07, 6.45) is 13.0. The van der Waals surface area contributed by atoms with Crippen molar-refractivity contribution >= 4 is 0 Å². The van der Waals surface area contributed by atoms with Crippen LogP contribution >= 0.6 is 0 Å². The minimum absolute atomic E-state index is 0.456. The van der Waals surface area contributed by atoms with E-state index in [-0.39, 0.29) is 0 Å². The van der Waals surface area contributed by atoms with E-state index in [4.69, 9.17) is 11.5 Å². The van der Waals surface area contributed by atoms with Crippen LogP contribution in [0.15, 0.2) is 0 Å². The first kappa shape index (κ1) is 19.2. The van der Waals surface area contributed by atoms with E-state index in [9.17, 15) is 0 Å². The Morgan fingerprint density at radius 1 is 0.696 bits per heavy atom. The van der Waals surface area contributed by atoms with Crippen molar-refractivity contribution in [2.24, 2.45) is 40.6 Å². The zero-order valence-electron chi connectivity index (χ0n) is 16.2. The van der Waals surface area contributed by atoms with Gasteiger partial charge in [-0.25, -0.2) is 0 Å². The summed E-state index contributed by atoms with van der Waals surface area (Å²) < 4.78 is 0. The van der Waals surface area contributed by atoms with Crippen LogP contribution in [0.4, 0.5) is 0 Å². The summed E-state index contributed by atoms with van der Waals surface area (Å²) >= 11 is 0. The van der Waals surface area contributed by atoms with Gasteiger partial charge in [0.25, 0.3) is 0 Å². The van der Waals surface area contributed by atoms with Gasteiger partial charge in [-0.3, -0.25) is 0 Å². The Kier molecular flexibility index (Phi) is 6.98. The zero-order chi connectivity index (χ0) is 17.0. The maximum atomic E-state index is 6.24. The molecule has 2 saturated carbocycles. The fourth-order valence-electron chi connectivity index (χ4n) is 6.37. The van der Waals surface area contributed by atoms with E-state index in [1.807, 2.05) is 0 Å². The van der Waals surface area contributed by atoms with E-state index >= 15 is 0 Å². The molecule has 0 aromatic heterocycles. The third-order valence-corrected chi connectivity index (χ3v) is 7.89. The average Bonchev–Trinajstić information content (AvgIpc) is 2.57. The van der Waals surface area contributed by atoms with Crippen LogP contribution in [0.2, 0.25) is 0 Å². The molecule has 0 saturated heterocycles. The summed E-state index contributed by atoms with van der Waals surface area (Å²) in [6.45, 7) is 9.92. The fourth-order valence-corrected chi connectivity index (χ4v) is 6.37. The van der Waals surface area contributed by atoms with Gasteiger partial charge < -0.3 is 11.5 Å². The lowest BCUT2D eigenvalue weighted by molar-refractivity contribution is -0.0790. The average molecular weight is 323 g/mol. The SMILES string of the molecule is CCC(C)C(C(C)CC)(C1CCC(N)CC1)C1CCC(N)CC1. The lowest BCUT2D eigenvalue weighted by Gasteiger charge is -2.57. The van der Waals surface area contributed by atoms with Crippen LogP contribution in [0.3, 0.4) is 0 Å². The van der Waals surface area contributed by atoms with Gasteiger partial charge in [0.05, 0.1) is 0 Å². The molecule has 136 valence electrons. The third-order valence-electron chi connectivity index (χ3n) is 7.89. The molecule has 2 rings (SSSR count). The van der Waals surface area contributed by atoms with E-state index in [1.165, 1.54) is 64.2 Å². The molecule has 2 unspecified atom stereocenters.